The molecule has 0 radical (unpaired) electrons. The van der Waals surface area contributed by atoms with Gasteiger partial charge in [0.1, 0.15) is 5.75 Å². The van der Waals surface area contributed by atoms with Gasteiger partial charge in [0.15, 0.2) is 5.96 Å². The summed E-state index contributed by atoms with van der Waals surface area (Å²) in [6.07, 6.45) is 0. The number of aryl methyl sites for hydroxylation is 1. The predicted molar refractivity (Wildman–Crippen MR) is 85.9 cm³/mol. The zero-order valence-corrected chi connectivity index (χ0v) is 12.3. The zero-order chi connectivity index (χ0) is 14.8. The molecule has 0 aliphatic carbocycles. The number of nitrogens with two attached hydrogens (primary N) is 1. The van der Waals surface area contributed by atoms with Crippen LogP contribution in [0.5, 0.6) is 5.75 Å². The Bertz CT molecular complexity index is 681. The molecule has 1 aliphatic rings. The molecule has 2 aromatic carbocycles. The molecule has 108 valence electrons. The van der Waals surface area contributed by atoms with Gasteiger partial charge in [0.2, 0.25) is 0 Å². The molecule has 4 heteroatoms. The largest absolute Gasteiger partial charge is 0.496 e. The third-order valence-electron chi connectivity index (χ3n) is 3.86. The van der Waals surface area contributed by atoms with Gasteiger partial charge >= 0.3 is 0 Å². The molecular weight excluding hydrogens is 262 g/mol. The van der Waals surface area contributed by atoms with Crippen LogP contribution in [0.1, 0.15) is 17.2 Å². The molecule has 3 rings (SSSR count). The Hall–Kier alpha value is -2.49. The third-order valence-corrected chi connectivity index (χ3v) is 3.86. The summed E-state index contributed by atoms with van der Waals surface area (Å²) in [5, 5.41) is 0. The first-order chi connectivity index (χ1) is 10.2. The molecule has 1 atom stereocenters. The van der Waals surface area contributed by atoms with Crippen LogP contribution in [0.3, 0.4) is 0 Å². The number of guanidine groups is 1. The normalized spacial score (nSPS) is 17.7. The van der Waals surface area contributed by atoms with Gasteiger partial charge < -0.3 is 15.4 Å². The highest BCUT2D eigenvalue weighted by molar-refractivity contribution is 5.98. The number of hydrogen-bond donors (Lipinski definition) is 1. The molecule has 4 nitrogen and oxygen atoms in total. The Kier molecular flexibility index (Phi) is 3.52. The first-order valence-electron chi connectivity index (χ1n) is 7.00. The van der Waals surface area contributed by atoms with Crippen LogP contribution in [0.4, 0.5) is 5.69 Å². The fourth-order valence-corrected chi connectivity index (χ4v) is 2.80. The number of anilines is 1. The molecule has 2 aromatic rings. The van der Waals surface area contributed by atoms with Gasteiger partial charge in [0, 0.05) is 11.3 Å². The van der Waals surface area contributed by atoms with E-state index >= 15 is 0 Å². The molecule has 0 amide bonds. The van der Waals surface area contributed by atoms with Crippen LogP contribution in [0, 0.1) is 6.92 Å². The minimum atomic E-state index is 0.0715. The zero-order valence-electron chi connectivity index (χ0n) is 12.3. The summed E-state index contributed by atoms with van der Waals surface area (Å²) < 4.78 is 5.49. The number of benzene rings is 2. The van der Waals surface area contributed by atoms with Gasteiger partial charge in [0.05, 0.1) is 19.7 Å². The lowest BCUT2D eigenvalue weighted by atomic mass is 10.0. The first kappa shape index (κ1) is 13.5. The summed E-state index contributed by atoms with van der Waals surface area (Å²) in [5.74, 6) is 1.42. The Morgan fingerprint density at radius 2 is 1.86 bits per heavy atom. The Labute approximate surface area is 124 Å². The highest BCUT2D eigenvalue weighted by Gasteiger charge is 2.31. The van der Waals surface area contributed by atoms with Crippen LogP contribution in [-0.2, 0) is 0 Å². The van der Waals surface area contributed by atoms with Gasteiger partial charge in [-0.05, 0) is 24.6 Å². The Morgan fingerprint density at radius 3 is 2.62 bits per heavy atom. The Morgan fingerprint density at radius 1 is 1.14 bits per heavy atom. The van der Waals surface area contributed by atoms with E-state index in [2.05, 4.69) is 35.0 Å². The number of hydrogen-bond acceptors (Lipinski definition) is 4. The van der Waals surface area contributed by atoms with E-state index in [1.807, 2.05) is 30.3 Å². The van der Waals surface area contributed by atoms with Gasteiger partial charge in [-0.3, -0.25) is 4.99 Å². The van der Waals surface area contributed by atoms with Crippen molar-refractivity contribution >= 4 is 11.6 Å². The number of methoxy groups -OCH3 is 1. The molecule has 0 saturated heterocycles. The van der Waals surface area contributed by atoms with Gasteiger partial charge in [-0.15, -0.1) is 0 Å². The van der Waals surface area contributed by atoms with E-state index in [1.165, 1.54) is 5.56 Å². The van der Waals surface area contributed by atoms with E-state index in [0.717, 1.165) is 17.0 Å². The smallest absolute Gasteiger partial charge is 0.196 e. The average Bonchev–Trinajstić information content (AvgIpc) is 2.89. The number of aliphatic imine (C=N–C) groups is 1. The van der Waals surface area contributed by atoms with E-state index in [9.17, 15) is 0 Å². The van der Waals surface area contributed by atoms with E-state index in [0.29, 0.717) is 12.5 Å². The van der Waals surface area contributed by atoms with Crippen molar-refractivity contribution in [3.05, 3.63) is 59.7 Å². The van der Waals surface area contributed by atoms with Gasteiger partial charge in [-0.1, -0.05) is 36.4 Å². The van der Waals surface area contributed by atoms with Crippen molar-refractivity contribution in [3.8, 4) is 5.75 Å². The van der Waals surface area contributed by atoms with Crippen LogP contribution >= 0.6 is 0 Å². The van der Waals surface area contributed by atoms with Crippen molar-refractivity contribution in [1.29, 1.82) is 0 Å². The molecule has 1 aliphatic heterocycles. The second-order valence-corrected chi connectivity index (χ2v) is 5.11. The van der Waals surface area contributed by atoms with Crippen LogP contribution in [0.2, 0.25) is 0 Å². The maximum Gasteiger partial charge on any atom is 0.196 e. The molecule has 21 heavy (non-hydrogen) atoms. The molecule has 1 heterocycles. The van der Waals surface area contributed by atoms with Gasteiger partial charge in [0.25, 0.3) is 0 Å². The predicted octanol–water partition coefficient (Wildman–Crippen LogP) is 2.88. The lowest BCUT2D eigenvalue weighted by Crippen LogP contribution is -2.36. The fourth-order valence-electron chi connectivity index (χ4n) is 2.80. The molecule has 1 unspecified atom stereocenters. The summed E-state index contributed by atoms with van der Waals surface area (Å²) in [6.45, 7) is 2.72. The third kappa shape index (κ3) is 2.33. The van der Waals surface area contributed by atoms with E-state index in [-0.39, 0.29) is 6.04 Å². The lowest BCUT2D eigenvalue weighted by molar-refractivity contribution is 0.406. The van der Waals surface area contributed by atoms with E-state index in [1.54, 1.807) is 7.11 Å². The van der Waals surface area contributed by atoms with Crippen molar-refractivity contribution in [2.45, 2.75) is 13.0 Å². The maximum atomic E-state index is 6.13. The van der Waals surface area contributed by atoms with Crippen molar-refractivity contribution in [2.24, 2.45) is 10.7 Å². The van der Waals surface area contributed by atoms with Crippen molar-refractivity contribution in [3.63, 3.8) is 0 Å². The second kappa shape index (κ2) is 5.48. The maximum absolute atomic E-state index is 6.13. The van der Waals surface area contributed by atoms with Crippen LogP contribution in [0.15, 0.2) is 53.5 Å². The van der Waals surface area contributed by atoms with Crippen LogP contribution in [-0.4, -0.2) is 19.6 Å². The quantitative estimate of drug-likeness (QED) is 0.941. The molecule has 0 fully saturated rings. The topological polar surface area (TPSA) is 50.9 Å². The highest BCUT2D eigenvalue weighted by atomic mass is 16.5. The van der Waals surface area contributed by atoms with E-state index < -0.39 is 0 Å². The minimum Gasteiger partial charge on any atom is -0.496 e. The molecular formula is C17H19N3O. The number of ether oxygens (including phenoxy) is 1. The summed E-state index contributed by atoms with van der Waals surface area (Å²) >= 11 is 0. The molecule has 0 spiro atoms. The highest BCUT2D eigenvalue weighted by Crippen LogP contribution is 2.36. The average molecular weight is 281 g/mol. The summed E-state index contributed by atoms with van der Waals surface area (Å²) in [6, 6.07) is 16.3. The van der Waals surface area contributed by atoms with Crippen LogP contribution in [0.25, 0.3) is 0 Å². The molecule has 0 saturated carbocycles. The lowest BCUT2D eigenvalue weighted by Gasteiger charge is -2.28. The standard InChI is InChI=1S/C17H19N3O/c1-12-7-3-5-9-14(12)20-15(11-19-17(20)18)13-8-4-6-10-16(13)21-2/h3-10,15H,11H2,1-2H3,(H2,18,19). The first-order valence-corrected chi connectivity index (χ1v) is 7.00. The van der Waals surface area contributed by atoms with Crippen molar-refractivity contribution in [1.82, 2.24) is 0 Å². The van der Waals surface area contributed by atoms with E-state index in [4.69, 9.17) is 10.5 Å². The van der Waals surface area contributed by atoms with Crippen LogP contribution < -0.4 is 15.4 Å². The van der Waals surface area contributed by atoms with Gasteiger partial charge in [-0.25, -0.2) is 0 Å². The number of para-hydroxylation sites is 2. The summed E-state index contributed by atoms with van der Waals surface area (Å²) in [5.41, 5.74) is 9.51. The molecule has 2 N–H and O–H groups in total. The summed E-state index contributed by atoms with van der Waals surface area (Å²) in [4.78, 5) is 6.52. The second-order valence-electron chi connectivity index (χ2n) is 5.11. The minimum absolute atomic E-state index is 0.0715. The van der Waals surface area contributed by atoms with Crippen molar-refractivity contribution in [2.75, 3.05) is 18.6 Å². The summed E-state index contributed by atoms with van der Waals surface area (Å²) in [7, 11) is 1.69. The molecule has 0 aromatic heterocycles. The number of nitrogens with zero attached hydrogens (tertiary/aromatic N) is 2. The fraction of sp³-hybridized carbons (Fsp3) is 0.235. The van der Waals surface area contributed by atoms with Gasteiger partial charge in [-0.2, -0.15) is 0 Å². The number of rotatable bonds is 3. The SMILES string of the molecule is COc1ccccc1C1CN=C(N)N1c1ccccc1C. The monoisotopic (exact) mass is 281 g/mol. The Balaban J connectivity index is 2.06. The van der Waals surface area contributed by atoms with Crippen molar-refractivity contribution < 1.29 is 4.74 Å². The molecule has 0 bridgehead atoms.